The van der Waals surface area contributed by atoms with E-state index in [1.165, 1.54) is 6.92 Å². The Morgan fingerprint density at radius 3 is 2.80 bits per heavy atom. The number of hydrogen-bond acceptors (Lipinski definition) is 4. The van der Waals surface area contributed by atoms with Crippen LogP contribution in [0, 0.1) is 17.0 Å². The minimum atomic E-state index is -2.94. The topological polar surface area (TPSA) is 81.2 Å². The Balaban J connectivity index is 2.92. The van der Waals surface area contributed by atoms with Gasteiger partial charge in [-0.25, -0.2) is 18.3 Å². The number of halogens is 2. The van der Waals surface area contributed by atoms with Gasteiger partial charge in [-0.1, -0.05) is 0 Å². The zero-order valence-corrected chi connectivity index (χ0v) is 7.80. The predicted molar refractivity (Wildman–Crippen MR) is 45.6 cm³/mol. The number of nitrogens with zero attached hydrogens (tertiary/aromatic N) is 3. The van der Waals surface area contributed by atoms with Gasteiger partial charge in [0.2, 0.25) is 0 Å². The van der Waals surface area contributed by atoms with E-state index in [2.05, 4.69) is 4.98 Å². The van der Waals surface area contributed by atoms with E-state index in [-0.39, 0.29) is 5.82 Å². The third-order valence-corrected chi connectivity index (χ3v) is 1.88. The molecule has 0 saturated heterocycles. The monoisotopic (exact) mass is 221 g/mol. The van der Waals surface area contributed by atoms with Gasteiger partial charge in [-0.2, -0.15) is 0 Å². The molecule has 1 heterocycles. The molecule has 1 N–H and O–H groups in total. The van der Waals surface area contributed by atoms with Crippen LogP contribution in [0.5, 0.6) is 0 Å². The SMILES string of the molecule is Cc1ncc([N+](=O)[O-])n1CC(O)C(F)F. The normalized spacial score (nSPS) is 13.1. The Morgan fingerprint density at radius 1 is 1.73 bits per heavy atom. The summed E-state index contributed by atoms with van der Waals surface area (Å²) in [4.78, 5) is 13.3. The third-order valence-electron chi connectivity index (χ3n) is 1.88. The summed E-state index contributed by atoms with van der Waals surface area (Å²) in [6, 6.07) is 0. The van der Waals surface area contributed by atoms with Crippen molar-refractivity contribution in [2.45, 2.75) is 26.0 Å². The Labute approximate surface area is 83.3 Å². The van der Waals surface area contributed by atoms with Gasteiger partial charge in [-0.15, -0.1) is 0 Å². The van der Waals surface area contributed by atoms with Gasteiger partial charge < -0.3 is 15.2 Å². The second-order valence-corrected chi connectivity index (χ2v) is 2.93. The molecule has 0 amide bonds. The van der Waals surface area contributed by atoms with Crippen molar-refractivity contribution < 1.29 is 18.8 Å². The highest BCUT2D eigenvalue weighted by molar-refractivity contribution is 5.18. The predicted octanol–water partition coefficient (Wildman–Crippen LogP) is 0.726. The third kappa shape index (κ3) is 2.46. The Bertz CT molecular complexity index is 366. The summed E-state index contributed by atoms with van der Waals surface area (Å²) in [7, 11) is 0. The zero-order chi connectivity index (χ0) is 11.6. The fraction of sp³-hybridized carbons (Fsp3) is 0.571. The van der Waals surface area contributed by atoms with Crippen LogP contribution >= 0.6 is 0 Å². The number of aliphatic hydroxyl groups excluding tert-OH is 1. The van der Waals surface area contributed by atoms with Crippen LogP contribution in [0.2, 0.25) is 0 Å². The van der Waals surface area contributed by atoms with Crippen molar-refractivity contribution in [1.82, 2.24) is 9.55 Å². The molecule has 8 heteroatoms. The molecule has 0 aliphatic carbocycles. The summed E-state index contributed by atoms with van der Waals surface area (Å²) in [6.45, 7) is 0.894. The van der Waals surface area contributed by atoms with Gasteiger partial charge in [0.25, 0.3) is 6.43 Å². The average Bonchev–Trinajstić information content (AvgIpc) is 2.48. The molecule has 15 heavy (non-hydrogen) atoms. The van der Waals surface area contributed by atoms with E-state index < -0.39 is 29.8 Å². The van der Waals surface area contributed by atoms with Crippen molar-refractivity contribution in [3.63, 3.8) is 0 Å². The molecule has 0 aliphatic rings. The molecule has 0 aromatic carbocycles. The van der Waals surface area contributed by atoms with Crippen molar-refractivity contribution in [2.75, 3.05) is 0 Å². The highest BCUT2D eigenvalue weighted by atomic mass is 19.3. The van der Waals surface area contributed by atoms with E-state index >= 15 is 0 Å². The number of aliphatic hydroxyl groups is 1. The molecular formula is C7H9F2N3O3. The molecule has 1 unspecified atom stereocenters. The molecular weight excluding hydrogens is 212 g/mol. The maximum atomic E-state index is 12.0. The Morgan fingerprint density at radius 2 is 2.33 bits per heavy atom. The summed E-state index contributed by atoms with van der Waals surface area (Å²) in [5.41, 5.74) is 0. The number of nitro groups is 1. The van der Waals surface area contributed by atoms with Crippen molar-refractivity contribution in [1.29, 1.82) is 0 Å². The Hall–Kier alpha value is -1.57. The molecule has 1 aromatic heterocycles. The van der Waals surface area contributed by atoms with Crippen LogP contribution in [0.15, 0.2) is 6.20 Å². The van der Waals surface area contributed by atoms with Crippen LogP contribution in [-0.2, 0) is 6.54 Å². The molecule has 0 fully saturated rings. The first kappa shape index (κ1) is 11.5. The molecule has 0 radical (unpaired) electrons. The van der Waals surface area contributed by atoms with Crippen molar-refractivity contribution in [2.24, 2.45) is 0 Å². The molecule has 84 valence electrons. The number of hydrogen-bond donors (Lipinski definition) is 1. The maximum Gasteiger partial charge on any atom is 0.342 e. The summed E-state index contributed by atoms with van der Waals surface area (Å²) < 4.78 is 25.0. The summed E-state index contributed by atoms with van der Waals surface area (Å²) >= 11 is 0. The standard InChI is InChI=1S/C7H9F2N3O3/c1-4-10-2-6(12(14)15)11(4)3-5(13)7(8)9/h2,5,7,13H,3H2,1H3. The van der Waals surface area contributed by atoms with Gasteiger partial charge in [-0.3, -0.25) is 0 Å². The van der Waals surface area contributed by atoms with Crippen LogP contribution in [0.25, 0.3) is 0 Å². The summed E-state index contributed by atoms with van der Waals surface area (Å²) in [5.74, 6) is -0.200. The summed E-state index contributed by atoms with van der Waals surface area (Å²) in [6.07, 6.45) is -3.91. The first-order valence-corrected chi connectivity index (χ1v) is 4.06. The van der Waals surface area contributed by atoms with E-state index in [0.29, 0.717) is 0 Å². The van der Waals surface area contributed by atoms with E-state index in [1.807, 2.05) is 0 Å². The van der Waals surface area contributed by atoms with Crippen molar-refractivity contribution >= 4 is 5.82 Å². The molecule has 0 aliphatic heterocycles. The first-order valence-electron chi connectivity index (χ1n) is 4.06. The van der Waals surface area contributed by atoms with Gasteiger partial charge in [-0.05, 0) is 4.92 Å². The smallest absolute Gasteiger partial charge is 0.342 e. The van der Waals surface area contributed by atoms with Crippen LogP contribution in [0.3, 0.4) is 0 Å². The lowest BCUT2D eigenvalue weighted by Gasteiger charge is -2.08. The molecule has 6 nitrogen and oxygen atoms in total. The number of aromatic nitrogens is 2. The van der Waals surface area contributed by atoms with Gasteiger partial charge in [0, 0.05) is 6.92 Å². The van der Waals surface area contributed by atoms with Crippen LogP contribution in [0.4, 0.5) is 14.6 Å². The quantitative estimate of drug-likeness (QED) is 0.600. The Kier molecular flexibility index (Phi) is 3.30. The number of rotatable bonds is 4. The lowest BCUT2D eigenvalue weighted by molar-refractivity contribution is -0.392. The van der Waals surface area contributed by atoms with Crippen LogP contribution in [0.1, 0.15) is 5.82 Å². The van der Waals surface area contributed by atoms with Crippen LogP contribution < -0.4 is 0 Å². The maximum absolute atomic E-state index is 12.0. The molecule has 0 saturated carbocycles. The molecule has 0 spiro atoms. The fourth-order valence-corrected chi connectivity index (χ4v) is 1.09. The first-order chi connectivity index (χ1) is 6.93. The molecule has 1 atom stereocenters. The number of aryl methyl sites for hydroxylation is 1. The zero-order valence-electron chi connectivity index (χ0n) is 7.80. The number of alkyl halides is 2. The van der Waals surface area contributed by atoms with Gasteiger partial charge >= 0.3 is 5.82 Å². The van der Waals surface area contributed by atoms with Gasteiger partial charge in [0.1, 0.15) is 12.7 Å². The second kappa shape index (κ2) is 4.30. The highest BCUT2D eigenvalue weighted by Gasteiger charge is 2.25. The highest BCUT2D eigenvalue weighted by Crippen LogP contribution is 2.15. The largest absolute Gasteiger partial charge is 0.383 e. The number of imidazole rings is 1. The van der Waals surface area contributed by atoms with Crippen LogP contribution in [-0.4, -0.2) is 32.1 Å². The minimum absolute atomic E-state index is 0.210. The van der Waals surface area contributed by atoms with Crippen molar-refractivity contribution in [3.8, 4) is 0 Å². The van der Waals surface area contributed by atoms with E-state index in [9.17, 15) is 18.9 Å². The van der Waals surface area contributed by atoms with Crippen molar-refractivity contribution in [3.05, 3.63) is 22.1 Å². The second-order valence-electron chi connectivity index (χ2n) is 2.93. The molecule has 0 bridgehead atoms. The van der Waals surface area contributed by atoms with Gasteiger partial charge in [0.15, 0.2) is 11.9 Å². The van der Waals surface area contributed by atoms with E-state index in [0.717, 1.165) is 10.8 Å². The minimum Gasteiger partial charge on any atom is -0.383 e. The lowest BCUT2D eigenvalue weighted by atomic mass is 10.3. The average molecular weight is 221 g/mol. The van der Waals surface area contributed by atoms with Gasteiger partial charge in [0.05, 0.1) is 0 Å². The fourth-order valence-electron chi connectivity index (χ4n) is 1.09. The van der Waals surface area contributed by atoms with E-state index in [1.54, 1.807) is 0 Å². The molecule has 1 aromatic rings. The summed E-state index contributed by atoms with van der Waals surface area (Å²) in [5, 5.41) is 19.4. The lowest BCUT2D eigenvalue weighted by Crippen LogP contribution is -2.25. The van der Waals surface area contributed by atoms with E-state index in [4.69, 9.17) is 5.11 Å². The molecule has 1 rings (SSSR count).